The maximum atomic E-state index is 4.60. The molecule has 0 heterocycles. The molecule has 0 saturated heterocycles. The summed E-state index contributed by atoms with van der Waals surface area (Å²) in [6, 6.07) is 87.1. The first-order valence-electron chi connectivity index (χ1n) is 27.9. The van der Waals surface area contributed by atoms with E-state index in [-0.39, 0.29) is 10.8 Å². The van der Waals surface area contributed by atoms with Crippen LogP contribution in [-0.2, 0) is 22.7 Å². The molecule has 1 atom stereocenters. The molecule has 15 rings (SSSR count). The van der Waals surface area contributed by atoms with E-state index in [4.69, 9.17) is 0 Å². The van der Waals surface area contributed by atoms with Gasteiger partial charge in [-0.25, -0.2) is 0 Å². The molecule has 0 heteroatoms. The molecule has 0 bridgehead atoms. The Balaban J connectivity index is 0.802. The second kappa shape index (κ2) is 17.7. The third kappa shape index (κ3) is 6.53. The second-order valence-electron chi connectivity index (χ2n) is 22.5. The van der Waals surface area contributed by atoms with E-state index >= 15 is 0 Å². The zero-order chi connectivity index (χ0) is 52.2. The second-order valence-corrected chi connectivity index (χ2v) is 22.5. The quantitative estimate of drug-likeness (QED) is 0.126. The molecule has 0 radical (unpaired) electrons. The van der Waals surface area contributed by atoms with Gasteiger partial charge in [0.05, 0.1) is 10.8 Å². The van der Waals surface area contributed by atoms with Crippen LogP contribution < -0.4 is 0 Å². The van der Waals surface area contributed by atoms with E-state index in [1.54, 1.807) is 0 Å². The van der Waals surface area contributed by atoms with Gasteiger partial charge in [-0.1, -0.05) is 269 Å². The van der Waals surface area contributed by atoms with Gasteiger partial charge in [0.15, 0.2) is 0 Å². The Morgan fingerprint density at radius 3 is 1.73 bits per heavy atom. The summed E-state index contributed by atoms with van der Waals surface area (Å²) in [5.74, 6) is 0. The zero-order valence-corrected chi connectivity index (χ0v) is 44.2. The lowest BCUT2D eigenvalue weighted by atomic mass is 9.64. The van der Waals surface area contributed by atoms with Crippen LogP contribution in [-0.4, -0.2) is 0 Å². The molecule has 5 aliphatic rings. The van der Waals surface area contributed by atoms with Crippen LogP contribution in [0.3, 0.4) is 0 Å². The van der Waals surface area contributed by atoms with Crippen molar-refractivity contribution in [2.45, 2.75) is 49.4 Å². The normalized spacial score (nSPS) is 17.3. The maximum absolute atomic E-state index is 4.60. The number of hydrogen-bond acceptors (Lipinski definition) is 0. The smallest absolute Gasteiger partial charge is 0.0725 e. The number of benzene rings is 10. The fourth-order valence-electron chi connectivity index (χ4n) is 15.0. The Hall–Kier alpha value is -9.10. The van der Waals surface area contributed by atoms with Gasteiger partial charge in [0.25, 0.3) is 0 Å². The number of hydrogen-bond donors (Lipinski definition) is 0. The minimum absolute atomic E-state index is 0.0368. The van der Waals surface area contributed by atoms with E-state index in [1.807, 2.05) is 0 Å². The highest BCUT2D eigenvalue weighted by atomic mass is 14.5. The van der Waals surface area contributed by atoms with Crippen LogP contribution in [0.1, 0.15) is 82.3 Å². The number of allylic oxidation sites excluding steroid dienone is 9. The van der Waals surface area contributed by atoms with Crippen LogP contribution in [0.15, 0.2) is 285 Å². The Morgan fingerprint density at radius 2 is 0.987 bits per heavy atom. The van der Waals surface area contributed by atoms with Crippen LogP contribution in [0.4, 0.5) is 0 Å². The lowest BCUT2D eigenvalue weighted by Crippen LogP contribution is -2.30. The number of fused-ring (bicyclic) bond motifs is 15. The summed E-state index contributed by atoms with van der Waals surface area (Å²) in [6.45, 7) is 9.31. The molecule has 0 nitrogen and oxygen atoms in total. The standard InChI is InChI=1S/C78H58/c1-4-57(29-6-5-23-51-24-19-25-52(47-51)55-45-46-65-60-31-7-13-38-67(60)76(2,3)74(65)50-55)77(68-39-14-8-32-61(68)62-33-9-15-40-69(62)77)58-30-21-27-54(49-58)53-26-20-28-56(48-53)59-37-22-44-73-75(59)66-36-12-18-43-72(66)78(73)70-41-16-10-34-63(70)64-35-11-17-42-71(64)78/h4-14,16-22,24-39,41-50H,1,15,23,40H2,2-3H3/b6-5-,57-29+. The topological polar surface area (TPSA) is 0 Å². The van der Waals surface area contributed by atoms with Gasteiger partial charge in [0, 0.05) is 5.41 Å². The third-order valence-corrected chi connectivity index (χ3v) is 18.3. The van der Waals surface area contributed by atoms with Gasteiger partial charge in [0.1, 0.15) is 0 Å². The molecule has 0 N–H and O–H groups in total. The Labute approximate surface area is 459 Å². The first-order valence-corrected chi connectivity index (χ1v) is 27.9. The van der Waals surface area contributed by atoms with E-state index in [9.17, 15) is 0 Å². The lowest BCUT2D eigenvalue weighted by Gasteiger charge is -2.37. The van der Waals surface area contributed by atoms with Crippen molar-refractivity contribution in [3.05, 3.63) is 340 Å². The molecule has 10 aromatic rings. The van der Waals surface area contributed by atoms with Gasteiger partial charge < -0.3 is 0 Å². The first kappa shape index (κ1) is 46.2. The maximum Gasteiger partial charge on any atom is 0.0725 e. The molecule has 0 fully saturated rings. The summed E-state index contributed by atoms with van der Waals surface area (Å²) in [5.41, 5.74) is 31.9. The van der Waals surface area contributed by atoms with Crippen molar-refractivity contribution in [3.8, 4) is 66.8 Å². The van der Waals surface area contributed by atoms with Gasteiger partial charge in [-0.2, -0.15) is 0 Å². The highest BCUT2D eigenvalue weighted by Gasteiger charge is 2.52. The molecule has 5 aliphatic carbocycles. The molecule has 0 aliphatic heterocycles. The fourth-order valence-corrected chi connectivity index (χ4v) is 15.0. The SMILES string of the molecule is C=C/C(=C\C=C/Cc1cccc(-c2ccc3c(c2)C(C)(C)c2ccccc2-3)c1)C1(c2cccc(-c3cccc(-c4cccc5c4-c4ccccc4C54c5ccccc5-c5ccccc54)c3)c2)C2=C(C=CCC2)c2ccccc21. The van der Waals surface area contributed by atoms with E-state index < -0.39 is 5.41 Å². The molecular formula is C78H58. The van der Waals surface area contributed by atoms with Crippen molar-refractivity contribution >= 4 is 5.57 Å². The van der Waals surface area contributed by atoms with Gasteiger partial charge >= 0.3 is 0 Å². The summed E-state index contributed by atoms with van der Waals surface area (Å²) in [5, 5.41) is 0. The van der Waals surface area contributed by atoms with Crippen LogP contribution in [0.25, 0.3) is 72.3 Å². The molecule has 78 heavy (non-hydrogen) atoms. The van der Waals surface area contributed by atoms with Crippen molar-refractivity contribution in [2.75, 3.05) is 0 Å². The highest BCUT2D eigenvalue weighted by Crippen LogP contribution is 2.64. The summed E-state index contributed by atoms with van der Waals surface area (Å²) < 4.78 is 0. The van der Waals surface area contributed by atoms with Crippen molar-refractivity contribution in [1.29, 1.82) is 0 Å². The molecular weight excluding hydrogens is 937 g/mol. The van der Waals surface area contributed by atoms with Gasteiger partial charge in [0.2, 0.25) is 0 Å². The van der Waals surface area contributed by atoms with Crippen molar-refractivity contribution < 1.29 is 0 Å². The Bertz CT molecular complexity index is 4250. The molecule has 1 unspecified atom stereocenters. The predicted molar refractivity (Wildman–Crippen MR) is 327 cm³/mol. The summed E-state index contributed by atoms with van der Waals surface area (Å²) in [6.07, 6.45) is 16.6. The molecule has 0 saturated carbocycles. The van der Waals surface area contributed by atoms with Crippen molar-refractivity contribution in [3.63, 3.8) is 0 Å². The van der Waals surface area contributed by atoms with E-state index in [2.05, 4.69) is 287 Å². The summed E-state index contributed by atoms with van der Waals surface area (Å²) >= 11 is 0. The van der Waals surface area contributed by atoms with E-state index in [1.165, 1.54) is 139 Å². The summed E-state index contributed by atoms with van der Waals surface area (Å²) in [4.78, 5) is 0. The van der Waals surface area contributed by atoms with Gasteiger partial charge in [-0.15, -0.1) is 0 Å². The predicted octanol–water partition coefficient (Wildman–Crippen LogP) is 19.7. The fraction of sp³-hybridized carbons (Fsp3) is 0.103. The minimum Gasteiger partial charge on any atom is -0.0987 e. The van der Waals surface area contributed by atoms with E-state index in [0.29, 0.717) is 0 Å². The van der Waals surface area contributed by atoms with Crippen molar-refractivity contribution in [2.24, 2.45) is 0 Å². The lowest BCUT2D eigenvalue weighted by molar-refractivity contribution is 0.660. The van der Waals surface area contributed by atoms with Gasteiger partial charge in [-0.05, 0) is 177 Å². The Kier molecular flexibility index (Phi) is 10.5. The Morgan fingerprint density at radius 1 is 0.449 bits per heavy atom. The molecule has 0 amide bonds. The minimum atomic E-state index is -0.524. The molecule has 0 aromatic heterocycles. The van der Waals surface area contributed by atoms with Crippen LogP contribution >= 0.6 is 0 Å². The third-order valence-electron chi connectivity index (χ3n) is 18.3. The van der Waals surface area contributed by atoms with Crippen LogP contribution in [0.2, 0.25) is 0 Å². The van der Waals surface area contributed by atoms with E-state index in [0.717, 1.165) is 19.3 Å². The average Bonchev–Trinajstić information content (AvgIpc) is 4.12. The first-order chi connectivity index (χ1) is 38.4. The average molecular weight is 995 g/mol. The van der Waals surface area contributed by atoms with Crippen LogP contribution in [0, 0.1) is 0 Å². The van der Waals surface area contributed by atoms with Crippen molar-refractivity contribution in [1.82, 2.24) is 0 Å². The summed E-state index contributed by atoms with van der Waals surface area (Å²) in [7, 11) is 0. The zero-order valence-electron chi connectivity index (χ0n) is 44.2. The molecule has 370 valence electrons. The highest BCUT2D eigenvalue weighted by molar-refractivity contribution is 6.00. The largest absolute Gasteiger partial charge is 0.0987 e. The van der Waals surface area contributed by atoms with Gasteiger partial charge in [-0.3, -0.25) is 0 Å². The molecule has 10 aromatic carbocycles. The molecule has 1 spiro atoms. The monoisotopic (exact) mass is 994 g/mol. The number of rotatable bonds is 9. The van der Waals surface area contributed by atoms with Crippen LogP contribution in [0.5, 0.6) is 0 Å².